The summed E-state index contributed by atoms with van der Waals surface area (Å²) in [6, 6.07) is 10.9. The molecule has 0 fully saturated rings. The van der Waals surface area contributed by atoms with Crippen LogP contribution >= 0.6 is 0 Å². The summed E-state index contributed by atoms with van der Waals surface area (Å²) in [6.07, 6.45) is 0. The van der Waals surface area contributed by atoms with Crippen LogP contribution in [0.3, 0.4) is 0 Å². The molecule has 0 aliphatic rings. The van der Waals surface area contributed by atoms with Gasteiger partial charge in [-0.3, -0.25) is 14.4 Å². The number of benzene rings is 2. The zero-order valence-corrected chi connectivity index (χ0v) is 15.7. The first-order valence-corrected chi connectivity index (χ1v) is 9.88. The van der Waals surface area contributed by atoms with E-state index in [4.69, 9.17) is 0 Å². The lowest BCUT2D eigenvalue weighted by Crippen LogP contribution is -2.30. The molecule has 0 unspecified atom stereocenters. The highest BCUT2D eigenvalue weighted by Gasteiger charge is 2.21. The molecule has 0 spiro atoms. The molecule has 0 saturated heterocycles. The minimum Gasteiger partial charge on any atom is -0.326 e. The van der Waals surface area contributed by atoms with E-state index in [1.165, 1.54) is 31.2 Å². The van der Waals surface area contributed by atoms with Crippen LogP contribution in [0, 0.1) is 5.82 Å². The Kier molecular flexibility index (Phi) is 6.83. The number of sulfone groups is 1. The average molecular weight is 407 g/mol. The zero-order valence-electron chi connectivity index (χ0n) is 14.9. The third-order valence-corrected chi connectivity index (χ3v) is 4.72. The van der Waals surface area contributed by atoms with Gasteiger partial charge in [-0.15, -0.1) is 0 Å². The molecule has 0 bridgehead atoms. The largest absolute Gasteiger partial charge is 0.326 e. The molecular formula is C18H18FN3O5S. The Morgan fingerprint density at radius 3 is 1.50 bits per heavy atom. The SMILES string of the molecule is CC(=O)Nc1ccc(NC(=O)CS(=O)(=O)CC(=O)Nc2ccc(F)cc2)cc1. The van der Waals surface area contributed by atoms with E-state index in [1.807, 2.05) is 0 Å². The van der Waals surface area contributed by atoms with E-state index in [9.17, 15) is 27.2 Å². The lowest BCUT2D eigenvalue weighted by atomic mass is 10.3. The molecule has 0 aliphatic carbocycles. The molecule has 0 aromatic heterocycles. The van der Waals surface area contributed by atoms with E-state index in [2.05, 4.69) is 16.0 Å². The maximum absolute atomic E-state index is 12.8. The van der Waals surface area contributed by atoms with Crippen LogP contribution in [-0.2, 0) is 24.2 Å². The molecule has 8 nitrogen and oxygen atoms in total. The number of carbonyl (C=O) groups excluding carboxylic acids is 3. The standard InChI is InChI=1S/C18H18FN3O5S/c1-12(23)20-14-6-8-16(9-7-14)22-18(25)11-28(26,27)10-17(24)21-15-4-2-13(19)3-5-15/h2-9H,10-11H2,1H3,(H,20,23)(H,21,24)(H,22,25). The fourth-order valence-electron chi connectivity index (χ4n) is 2.22. The first-order chi connectivity index (χ1) is 13.1. The van der Waals surface area contributed by atoms with E-state index in [0.717, 1.165) is 12.1 Å². The van der Waals surface area contributed by atoms with Crippen LogP contribution in [0.25, 0.3) is 0 Å². The Balaban J connectivity index is 1.88. The van der Waals surface area contributed by atoms with Gasteiger partial charge in [0, 0.05) is 24.0 Å². The Bertz CT molecular complexity index is 973. The first kappa shape index (κ1) is 21.0. The van der Waals surface area contributed by atoms with Crippen LogP contribution in [0.4, 0.5) is 21.5 Å². The second kappa shape index (κ2) is 9.09. The van der Waals surface area contributed by atoms with Gasteiger partial charge in [-0.1, -0.05) is 0 Å². The van der Waals surface area contributed by atoms with Crippen LogP contribution in [0.1, 0.15) is 6.92 Å². The normalized spacial score (nSPS) is 10.8. The summed E-state index contributed by atoms with van der Waals surface area (Å²) in [5.74, 6) is -4.15. The maximum atomic E-state index is 12.8. The molecular weight excluding hydrogens is 389 g/mol. The van der Waals surface area contributed by atoms with Crippen molar-refractivity contribution in [2.45, 2.75) is 6.92 Å². The number of halogens is 1. The summed E-state index contributed by atoms with van der Waals surface area (Å²) >= 11 is 0. The summed E-state index contributed by atoms with van der Waals surface area (Å²) in [6.45, 7) is 1.35. The highest BCUT2D eigenvalue weighted by Crippen LogP contribution is 2.14. The summed E-state index contributed by atoms with van der Waals surface area (Å²) in [5.41, 5.74) is 1.10. The molecule has 10 heteroatoms. The fourth-order valence-corrected chi connectivity index (χ4v) is 3.26. The number of hydrogen-bond donors (Lipinski definition) is 3. The molecule has 0 saturated carbocycles. The second-order valence-corrected chi connectivity index (χ2v) is 7.96. The third-order valence-electron chi connectivity index (χ3n) is 3.32. The van der Waals surface area contributed by atoms with Gasteiger partial charge in [0.15, 0.2) is 9.84 Å². The van der Waals surface area contributed by atoms with E-state index in [-0.39, 0.29) is 11.6 Å². The molecule has 3 N–H and O–H groups in total. The quantitative estimate of drug-likeness (QED) is 0.646. The minimum absolute atomic E-state index is 0.241. The van der Waals surface area contributed by atoms with Crippen molar-refractivity contribution in [2.75, 3.05) is 27.5 Å². The molecule has 2 rings (SSSR count). The van der Waals surface area contributed by atoms with Gasteiger partial charge >= 0.3 is 0 Å². The van der Waals surface area contributed by atoms with Crippen molar-refractivity contribution in [1.82, 2.24) is 0 Å². The van der Waals surface area contributed by atoms with Gasteiger partial charge in [-0.2, -0.15) is 0 Å². The van der Waals surface area contributed by atoms with E-state index >= 15 is 0 Å². The Labute approximate surface area is 161 Å². The molecule has 0 heterocycles. The fraction of sp³-hybridized carbons (Fsp3) is 0.167. The molecule has 0 radical (unpaired) electrons. The second-order valence-electron chi connectivity index (χ2n) is 5.89. The predicted molar refractivity (Wildman–Crippen MR) is 103 cm³/mol. The van der Waals surface area contributed by atoms with Crippen molar-refractivity contribution in [2.24, 2.45) is 0 Å². The monoisotopic (exact) mass is 407 g/mol. The lowest BCUT2D eigenvalue weighted by molar-refractivity contribution is -0.115. The topological polar surface area (TPSA) is 121 Å². The molecule has 2 aromatic rings. The highest BCUT2D eigenvalue weighted by atomic mass is 32.2. The Morgan fingerprint density at radius 2 is 1.11 bits per heavy atom. The highest BCUT2D eigenvalue weighted by molar-refractivity contribution is 7.92. The number of amides is 3. The Morgan fingerprint density at radius 1 is 0.750 bits per heavy atom. The van der Waals surface area contributed by atoms with Gasteiger partial charge in [0.05, 0.1) is 0 Å². The predicted octanol–water partition coefficient (Wildman–Crippen LogP) is 1.78. The maximum Gasteiger partial charge on any atom is 0.239 e. The number of anilines is 3. The van der Waals surface area contributed by atoms with Crippen molar-refractivity contribution >= 4 is 44.6 Å². The first-order valence-electron chi connectivity index (χ1n) is 8.06. The average Bonchev–Trinajstić information content (AvgIpc) is 2.57. The van der Waals surface area contributed by atoms with Crippen LogP contribution in [0.2, 0.25) is 0 Å². The number of carbonyl (C=O) groups is 3. The summed E-state index contributed by atoms with van der Waals surface area (Å²) in [7, 11) is -4.01. The lowest BCUT2D eigenvalue weighted by Gasteiger charge is -2.08. The summed E-state index contributed by atoms with van der Waals surface area (Å²) in [5, 5.41) is 7.28. The van der Waals surface area contributed by atoms with Crippen molar-refractivity contribution in [3.63, 3.8) is 0 Å². The number of rotatable bonds is 7. The van der Waals surface area contributed by atoms with Crippen LogP contribution in [-0.4, -0.2) is 37.6 Å². The third kappa shape index (κ3) is 7.16. The molecule has 0 atom stereocenters. The zero-order chi connectivity index (χ0) is 20.7. The molecule has 3 amide bonds. The van der Waals surface area contributed by atoms with Crippen molar-refractivity contribution < 1.29 is 27.2 Å². The molecule has 28 heavy (non-hydrogen) atoms. The molecule has 148 valence electrons. The van der Waals surface area contributed by atoms with E-state index in [0.29, 0.717) is 11.4 Å². The van der Waals surface area contributed by atoms with Gasteiger partial charge in [-0.25, -0.2) is 12.8 Å². The number of hydrogen-bond acceptors (Lipinski definition) is 5. The van der Waals surface area contributed by atoms with Gasteiger partial charge in [0.2, 0.25) is 17.7 Å². The Hall–Kier alpha value is -3.27. The van der Waals surface area contributed by atoms with Gasteiger partial charge in [0.25, 0.3) is 0 Å². The minimum atomic E-state index is -4.01. The van der Waals surface area contributed by atoms with Gasteiger partial charge < -0.3 is 16.0 Å². The van der Waals surface area contributed by atoms with Crippen LogP contribution < -0.4 is 16.0 Å². The summed E-state index contributed by atoms with van der Waals surface area (Å²) < 4.78 is 36.9. The van der Waals surface area contributed by atoms with E-state index in [1.54, 1.807) is 12.1 Å². The van der Waals surface area contributed by atoms with Crippen LogP contribution in [0.5, 0.6) is 0 Å². The summed E-state index contributed by atoms with van der Waals surface area (Å²) in [4.78, 5) is 34.7. The van der Waals surface area contributed by atoms with Crippen LogP contribution in [0.15, 0.2) is 48.5 Å². The van der Waals surface area contributed by atoms with Gasteiger partial charge in [0.1, 0.15) is 17.3 Å². The van der Waals surface area contributed by atoms with Crippen molar-refractivity contribution in [3.8, 4) is 0 Å². The van der Waals surface area contributed by atoms with E-state index < -0.39 is 39.0 Å². The van der Waals surface area contributed by atoms with Gasteiger partial charge in [-0.05, 0) is 48.5 Å². The molecule has 0 aliphatic heterocycles. The smallest absolute Gasteiger partial charge is 0.239 e. The molecule has 2 aromatic carbocycles. The number of nitrogens with one attached hydrogen (secondary N) is 3. The van der Waals surface area contributed by atoms with Crippen molar-refractivity contribution in [1.29, 1.82) is 0 Å². The van der Waals surface area contributed by atoms with Crippen molar-refractivity contribution in [3.05, 3.63) is 54.3 Å².